The van der Waals surface area contributed by atoms with E-state index in [1.807, 2.05) is 19.1 Å². The Labute approximate surface area is 134 Å². The third-order valence-corrected chi connectivity index (χ3v) is 3.84. The third kappa shape index (κ3) is 4.07. The maximum absolute atomic E-state index is 12.3. The van der Waals surface area contributed by atoms with Gasteiger partial charge in [-0.2, -0.15) is 5.26 Å². The summed E-state index contributed by atoms with van der Waals surface area (Å²) in [5, 5.41) is 21.0. The number of piperidine rings is 1. The molecular formula is C16H18N4O3. The van der Waals surface area contributed by atoms with E-state index in [4.69, 9.17) is 5.11 Å². The number of pyridine rings is 1. The average molecular weight is 314 g/mol. The van der Waals surface area contributed by atoms with E-state index < -0.39 is 17.8 Å². The van der Waals surface area contributed by atoms with E-state index >= 15 is 0 Å². The zero-order valence-electron chi connectivity index (χ0n) is 12.8. The first-order chi connectivity index (χ1) is 11.0. The summed E-state index contributed by atoms with van der Waals surface area (Å²) in [5.41, 5.74) is 0.875. The van der Waals surface area contributed by atoms with Gasteiger partial charge in [0.05, 0.1) is 5.92 Å². The van der Waals surface area contributed by atoms with Gasteiger partial charge in [0.25, 0.3) is 5.91 Å². The van der Waals surface area contributed by atoms with E-state index in [1.165, 1.54) is 11.1 Å². The van der Waals surface area contributed by atoms with Crippen molar-refractivity contribution >= 4 is 17.7 Å². The number of hydrogen-bond acceptors (Lipinski definition) is 5. The van der Waals surface area contributed by atoms with Gasteiger partial charge in [-0.05, 0) is 31.4 Å². The van der Waals surface area contributed by atoms with Gasteiger partial charge in [-0.15, -0.1) is 0 Å². The average Bonchev–Trinajstić information content (AvgIpc) is 2.56. The van der Waals surface area contributed by atoms with E-state index in [1.54, 1.807) is 12.3 Å². The van der Waals surface area contributed by atoms with Gasteiger partial charge in [0, 0.05) is 25.5 Å². The number of nitrogens with one attached hydrogen (secondary N) is 1. The van der Waals surface area contributed by atoms with Crippen LogP contribution in [-0.2, 0) is 9.59 Å². The van der Waals surface area contributed by atoms with Gasteiger partial charge in [-0.1, -0.05) is 6.07 Å². The van der Waals surface area contributed by atoms with Crippen LogP contribution in [0, 0.1) is 24.2 Å². The van der Waals surface area contributed by atoms with Gasteiger partial charge >= 0.3 is 5.97 Å². The lowest BCUT2D eigenvalue weighted by molar-refractivity contribution is -0.145. The molecule has 1 saturated heterocycles. The van der Waals surface area contributed by atoms with Gasteiger partial charge in [0.15, 0.2) is 0 Å². The summed E-state index contributed by atoms with van der Waals surface area (Å²) in [6.07, 6.45) is 3.79. The standard InChI is InChI=1S/C16H18N4O3/c1-11-3-2-6-18-14(11)19-10-13(9-17)15(21)20-7-4-12(5-8-20)16(22)23/h2-3,6,10,12H,4-5,7-8H2,1H3,(H,18,19)(H,22,23)/b13-10-. The predicted molar refractivity (Wildman–Crippen MR) is 83.2 cm³/mol. The number of amides is 1. The van der Waals surface area contributed by atoms with Crippen molar-refractivity contribution in [3.05, 3.63) is 35.7 Å². The zero-order valence-corrected chi connectivity index (χ0v) is 12.8. The molecule has 0 atom stereocenters. The number of carboxylic acid groups (broad SMARTS) is 1. The lowest BCUT2D eigenvalue weighted by atomic mass is 9.97. The third-order valence-electron chi connectivity index (χ3n) is 3.84. The number of nitriles is 1. The van der Waals surface area contributed by atoms with Crippen molar-refractivity contribution in [2.75, 3.05) is 18.4 Å². The molecular weight excluding hydrogens is 296 g/mol. The number of carbonyl (C=O) groups excluding carboxylic acids is 1. The lowest BCUT2D eigenvalue weighted by Crippen LogP contribution is -2.40. The predicted octanol–water partition coefficient (Wildman–Crippen LogP) is 1.53. The van der Waals surface area contributed by atoms with Crippen LogP contribution in [0.2, 0.25) is 0 Å². The molecule has 7 nitrogen and oxygen atoms in total. The summed E-state index contributed by atoms with van der Waals surface area (Å²) in [6.45, 7) is 2.56. The Kier molecular flexibility index (Phi) is 5.31. The highest BCUT2D eigenvalue weighted by Gasteiger charge is 2.28. The Balaban J connectivity index is 2.02. The maximum Gasteiger partial charge on any atom is 0.306 e. The van der Waals surface area contributed by atoms with Crippen molar-refractivity contribution in [1.82, 2.24) is 9.88 Å². The Morgan fingerprint density at radius 1 is 1.48 bits per heavy atom. The molecule has 0 saturated carbocycles. The number of carboxylic acids is 1. The summed E-state index contributed by atoms with van der Waals surface area (Å²) in [5.74, 6) is -1.06. The molecule has 7 heteroatoms. The van der Waals surface area contributed by atoms with Crippen LogP contribution >= 0.6 is 0 Å². The number of anilines is 1. The molecule has 0 aliphatic carbocycles. The number of aliphatic carboxylic acids is 1. The van der Waals surface area contributed by atoms with Gasteiger partial charge < -0.3 is 15.3 Å². The quantitative estimate of drug-likeness (QED) is 0.645. The van der Waals surface area contributed by atoms with Crippen molar-refractivity contribution in [2.45, 2.75) is 19.8 Å². The maximum atomic E-state index is 12.3. The number of aromatic nitrogens is 1. The molecule has 0 unspecified atom stereocenters. The minimum absolute atomic E-state index is 0.0242. The van der Waals surface area contributed by atoms with Crippen LogP contribution in [-0.4, -0.2) is 40.0 Å². The molecule has 0 radical (unpaired) electrons. The molecule has 2 N–H and O–H groups in total. The number of hydrogen-bond donors (Lipinski definition) is 2. The molecule has 0 aromatic carbocycles. The molecule has 1 aromatic rings. The van der Waals surface area contributed by atoms with Crippen molar-refractivity contribution in [3.8, 4) is 6.07 Å². The van der Waals surface area contributed by atoms with E-state index in [-0.39, 0.29) is 5.57 Å². The second-order valence-corrected chi connectivity index (χ2v) is 5.39. The number of aryl methyl sites for hydroxylation is 1. The number of rotatable bonds is 4. The van der Waals surface area contributed by atoms with Crippen molar-refractivity contribution in [3.63, 3.8) is 0 Å². The molecule has 1 aromatic heterocycles. The van der Waals surface area contributed by atoms with Crippen LogP contribution in [0.25, 0.3) is 0 Å². The fraction of sp³-hybridized carbons (Fsp3) is 0.375. The van der Waals surface area contributed by atoms with Crippen molar-refractivity contribution in [1.29, 1.82) is 5.26 Å². The molecule has 0 spiro atoms. The molecule has 2 rings (SSSR count). The summed E-state index contributed by atoms with van der Waals surface area (Å²) < 4.78 is 0. The zero-order chi connectivity index (χ0) is 16.8. The number of carbonyl (C=O) groups is 2. The Bertz CT molecular complexity index is 670. The second-order valence-electron chi connectivity index (χ2n) is 5.39. The minimum atomic E-state index is -0.833. The second kappa shape index (κ2) is 7.40. The summed E-state index contributed by atoms with van der Waals surface area (Å²) in [7, 11) is 0. The highest BCUT2D eigenvalue weighted by atomic mass is 16.4. The van der Waals surface area contributed by atoms with E-state index in [9.17, 15) is 14.9 Å². The largest absolute Gasteiger partial charge is 0.481 e. The molecule has 1 aliphatic rings. The number of nitrogens with zero attached hydrogens (tertiary/aromatic N) is 3. The van der Waals surface area contributed by atoms with E-state index in [0.29, 0.717) is 31.7 Å². The van der Waals surface area contributed by atoms with Crippen molar-refractivity contribution < 1.29 is 14.7 Å². The van der Waals surface area contributed by atoms with Crippen LogP contribution < -0.4 is 5.32 Å². The van der Waals surface area contributed by atoms with Crippen molar-refractivity contribution in [2.24, 2.45) is 5.92 Å². The smallest absolute Gasteiger partial charge is 0.306 e. The SMILES string of the molecule is Cc1cccnc1N/C=C(/C#N)C(=O)N1CCC(C(=O)O)CC1. The normalized spacial score (nSPS) is 15.8. The number of likely N-dealkylation sites (tertiary alicyclic amines) is 1. The molecule has 1 aliphatic heterocycles. The topological polar surface area (TPSA) is 106 Å². The molecule has 1 fully saturated rings. The molecule has 1 amide bonds. The molecule has 2 heterocycles. The van der Waals surface area contributed by atoms with E-state index in [0.717, 1.165) is 5.56 Å². The van der Waals surface area contributed by atoms with Crippen LogP contribution in [0.15, 0.2) is 30.1 Å². The fourth-order valence-corrected chi connectivity index (χ4v) is 2.42. The highest BCUT2D eigenvalue weighted by molar-refractivity contribution is 5.97. The van der Waals surface area contributed by atoms with Gasteiger partial charge in [-0.25, -0.2) is 4.98 Å². The van der Waals surface area contributed by atoms with Crippen LogP contribution in [0.1, 0.15) is 18.4 Å². The Morgan fingerprint density at radius 3 is 2.74 bits per heavy atom. The molecule has 23 heavy (non-hydrogen) atoms. The fourth-order valence-electron chi connectivity index (χ4n) is 2.42. The van der Waals surface area contributed by atoms with Gasteiger partial charge in [-0.3, -0.25) is 9.59 Å². The van der Waals surface area contributed by atoms with Gasteiger partial charge in [0.1, 0.15) is 17.5 Å². The highest BCUT2D eigenvalue weighted by Crippen LogP contribution is 2.19. The Hall–Kier alpha value is -2.88. The first-order valence-corrected chi connectivity index (χ1v) is 7.33. The van der Waals surface area contributed by atoms with Crippen LogP contribution in [0.5, 0.6) is 0 Å². The first-order valence-electron chi connectivity index (χ1n) is 7.33. The van der Waals surface area contributed by atoms with Crippen LogP contribution in [0.4, 0.5) is 5.82 Å². The Morgan fingerprint density at radius 2 is 2.17 bits per heavy atom. The summed E-state index contributed by atoms with van der Waals surface area (Å²) >= 11 is 0. The van der Waals surface area contributed by atoms with E-state index in [2.05, 4.69) is 10.3 Å². The monoisotopic (exact) mass is 314 g/mol. The molecule has 0 bridgehead atoms. The van der Waals surface area contributed by atoms with Crippen LogP contribution in [0.3, 0.4) is 0 Å². The lowest BCUT2D eigenvalue weighted by Gasteiger charge is -2.29. The van der Waals surface area contributed by atoms with Gasteiger partial charge in [0.2, 0.25) is 0 Å². The summed E-state index contributed by atoms with van der Waals surface area (Å²) in [6, 6.07) is 5.55. The minimum Gasteiger partial charge on any atom is -0.481 e. The molecule has 120 valence electrons. The first kappa shape index (κ1) is 16.5. The summed E-state index contributed by atoms with van der Waals surface area (Å²) in [4.78, 5) is 28.9.